The van der Waals surface area contributed by atoms with Crippen LogP contribution in [-0.2, 0) is 0 Å². The average Bonchev–Trinajstić information content (AvgIpc) is 2.53. The van der Waals surface area contributed by atoms with Crippen LogP contribution in [0.2, 0.25) is 0 Å². The quantitative estimate of drug-likeness (QED) is 0.793. The van der Waals surface area contributed by atoms with Gasteiger partial charge in [-0.15, -0.1) is 0 Å². The number of benzene rings is 2. The van der Waals surface area contributed by atoms with Gasteiger partial charge in [-0.3, -0.25) is 0 Å². The van der Waals surface area contributed by atoms with Gasteiger partial charge < -0.3 is 9.47 Å². The number of allylic oxidation sites excluding steroid dienone is 1. The van der Waals surface area contributed by atoms with Crippen LogP contribution in [0.4, 0.5) is 0 Å². The summed E-state index contributed by atoms with van der Waals surface area (Å²) < 4.78 is 10.9. The zero-order valence-electron chi connectivity index (χ0n) is 12.2. The van der Waals surface area contributed by atoms with E-state index in [2.05, 4.69) is 19.6 Å². The molecule has 2 heteroatoms. The summed E-state index contributed by atoms with van der Waals surface area (Å²) in [6.45, 7) is 6.38. The minimum Gasteiger partial charge on any atom is -0.496 e. The van der Waals surface area contributed by atoms with Crippen LogP contribution in [0.25, 0.3) is 5.57 Å². The van der Waals surface area contributed by atoms with Crippen molar-refractivity contribution in [3.63, 3.8) is 0 Å². The fourth-order valence-corrected chi connectivity index (χ4v) is 2.36. The van der Waals surface area contributed by atoms with E-state index in [4.69, 9.17) is 9.47 Å². The number of rotatable bonds is 5. The van der Waals surface area contributed by atoms with Crippen LogP contribution in [-0.4, -0.2) is 14.2 Å². The zero-order valence-corrected chi connectivity index (χ0v) is 12.2. The maximum absolute atomic E-state index is 5.44. The van der Waals surface area contributed by atoms with E-state index in [0.29, 0.717) is 0 Å². The van der Waals surface area contributed by atoms with Gasteiger partial charge in [0, 0.05) is 17.0 Å². The summed E-state index contributed by atoms with van der Waals surface area (Å²) in [6.07, 6.45) is 0. The van der Waals surface area contributed by atoms with E-state index >= 15 is 0 Å². The SMILES string of the molecule is C=C(c1ccccc1OC)[C@H](C)c1ccccc1OC. The lowest BCUT2D eigenvalue weighted by Gasteiger charge is -2.19. The molecule has 1 atom stereocenters. The van der Waals surface area contributed by atoms with E-state index in [1.165, 1.54) is 0 Å². The van der Waals surface area contributed by atoms with Crippen LogP contribution in [0.3, 0.4) is 0 Å². The number of hydrogen-bond acceptors (Lipinski definition) is 2. The van der Waals surface area contributed by atoms with E-state index in [1.807, 2.05) is 42.5 Å². The fraction of sp³-hybridized carbons (Fsp3) is 0.222. The Bertz CT molecular complexity index is 602. The molecule has 0 aromatic heterocycles. The van der Waals surface area contributed by atoms with Gasteiger partial charge in [-0.05, 0) is 17.7 Å². The molecular formula is C18H20O2. The highest BCUT2D eigenvalue weighted by molar-refractivity contribution is 5.74. The number of methoxy groups -OCH3 is 2. The summed E-state index contributed by atoms with van der Waals surface area (Å²) in [5.41, 5.74) is 3.19. The summed E-state index contributed by atoms with van der Waals surface area (Å²) >= 11 is 0. The Morgan fingerprint density at radius 3 is 2.10 bits per heavy atom. The molecule has 2 aromatic carbocycles. The van der Waals surface area contributed by atoms with Gasteiger partial charge >= 0.3 is 0 Å². The Labute approximate surface area is 120 Å². The molecule has 0 unspecified atom stereocenters. The molecule has 0 aliphatic rings. The topological polar surface area (TPSA) is 18.5 Å². The minimum atomic E-state index is 0.155. The van der Waals surface area contributed by atoms with Crippen molar-refractivity contribution in [2.24, 2.45) is 0 Å². The molecule has 0 fully saturated rings. The molecule has 0 amide bonds. The zero-order chi connectivity index (χ0) is 14.5. The third kappa shape index (κ3) is 2.69. The minimum absolute atomic E-state index is 0.155. The molecular weight excluding hydrogens is 248 g/mol. The van der Waals surface area contributed by atoms with Gasteiger partial charge in [-0.25, -0.2) is 0 Å². The number of ether oxygens (including phenoxy) is 2. The Morgan fingerprint density at radius 2 is 1.45 bits per heavy atom. The van der Waals surface area contributed by atoms with Crippen molar-refractivity contribution in [3.8, 4) is 11.5 Å². The molecule has 0 bridgehead atoms. The summed E-state index contributed by atoms with van der Waals surface area (Å²) in [7, 11) is 3.37. The van der Waals surface area contributed by atoms with Gasteiger partial charge in [0.2, 0.25) is 0 Å². The van der Waals surface area contributed by atoms with Crippen molar-refractivity contribution in [2.45, 2.75) is 12.8 Å². The summed E-state index contributed by atoms with van der Waals surface area (Å²) in [6, 6.07) is 16.0. The molecule has 0 heterocycles. The van der Waals surface area contributed by atoms with E-state index < -0.39 is 0 Å². The maximum atomic E-state index is 5.44. The van der Waals surface area contributed by atoms with Crippen molar-refractivity contribution >= 4 is 5.57 Å². The fourth-order valence-electron chi connectivity index (χ4n) is 2.36. The van der Waals surface area contributed by atoms with Crippen LogP contribution in [0.5, 0.6) is 11.5 Å². The standard InChI is InChI=1S/C18H20O2/c1-13(15-9-5-7-11-17(15)19-3)14(2)16-10-6-8-12-18(16)20-4/h5-12,14H,1H2,2-4H3/t14-/m0/s1. The Morgan fingerprint density at radius 1 is 0.900 bits per heavy atom. The molecule has 0 N–H and O–H groups in total. The molecule has 2 rings (SSSR count). The molecule has 0 radical (unpaired) electrons. The largest absolute Gasteiger partial charge is 0.496 e. The van der Waals surface area contributed by atoms with Gasteiger partial charge in [0.25, 0.3) is 0 Å². The molecule has 0 saturated carbocycles. The van der Waals surface area contributed by atoms with Gasteiger partial charge in [0.05, 0.1) is 14.2 Å². The van der Waals surface area contributed by atoms with Crippen LogP contribution in [0.1, 0.15) is 24.0 Å². The molecule has 0 saturated heterocycles. The van der Waals surface area contributed by atoms with Crippen molar-refractivity contribution in [1.29, 1.82) is 0 Å². The van der Waals surface area contributed by atoms with Crippen LogP contribution < -0.4 is 9.47 Å². The van der Waals surface area contributed by atoms with Crippen molar-refractivity contribution in [1.82, 2.24) is 0 Å². The average molecular weight is 268 g/mol. The molecule has 20 heavy (non-hydrogen) atoms. The highest BCUT2D eigenvalue weighted by Gasteiger charge is 2.17. The van der Waals surface area contributed by atoms with Crippen LogP contribution in [0, 0.1) is 0 Å². The number of para-hydroxylation sites is 2. The second-order valence-corrected chi connectivity index (χ2v) is 4.69. The van der Waals surface area contributed by atoms with Crippen molar-refractivity contribution < 1.29 is 9.47 Å². The van der Waals surface area contributed by atoms with E-state index in [0.717, 1.165) is 28.2 Å². The second-order valence-electron chi connectivity index (χ2n) is 4.69. The molecule has 2 aromatic rings. The highest BCUT2D eigenvalue weighted by Crippen LogP contribution is 2.38. The maximum Gasteiger partial charge on any atom is 0.126 e. The van der Waals surface area contributed by atoms with E-state index in [9.17, 15) is 0 Å². The lowest BCUT2D eigenvalue weighted by molar-refractivity contribution is 0.408. The smallest absolute Gasteiger partial charge is 0.126 e. The highest BCUT2D eigenvalue weighted by atomic mass is 16.5. The first-order valence-electron chi connectivity index (χ1n) is 6.64. The van der Waals surface area contributed by atoms with Gasteiger partial charge in [-0.1, -0.05) is 49.9 Å². The first kappa shape index (κ1) is 14.2. The van der Waals surface area contributed by atoms with Gasteiger partial charge in [0.15, 0.2) is 0 Å². The number of hydrogen-bond donors (Lipinski definition) is 0. The Kier molecular flexibility index (Phi) is 4.46. The van der Waals surface area contributed by atoms with E-state index in [-0.39, 0.29) is 5.92 Å². The molecule has 2 nitrogen and oxygen atoms in total. The van der Waals surface area contributed by atoms with E-state index in [1.54, 1.807) is 14.2 Å². The monoisotopic (exact) mass is 268 g/mol. The predicted octanol–water partition coefficient (Wildman–Crippen LogP) is 4.52. The lowest BCUT2D eigenvalue weighted by Crippen LogP contribution is -2.01. The first-order chi connectivity index (χ1) is 9.69. The lowest BCUT2D eigenvalue weighted by atomic mass is 9.88. The van der Waals surface area contributed by atoms with Crippen LogP contribution in [0.15, 0.2) is 55.1 Å². The Balaban J connectivity index is 2.38. The second kappa shape index (κ2) is 6.29. The third-order valence-corrected chi connectivity index (χ3v) is 3.58. The molecule has 0 spiro atoms. The molecule has 0 aliphatic carbocycles. The third-order valence-electron chi connectivity index (χ3n) is 3.58. The van der Waals surface area contributed by atoms with Crippen molar-refractivity contribution in [2.75, 3.05) is 14.2 Å². The van der Waals surface area contributed by atoms with Gasteiger partial charge in [-0.2, -0.15) is 0 Å². The molecule has 104 valence electrons. The van der Waals surface area contributed by atoms with Crippen LogP contribution >= 0.6 is 0 Å². The predicted molar refractivity (Wildman–Crippen MR) is 83.4 cm³/mol. The summed E-state index contributed by atoms with van der Waals surface area (Å²) in [5.74, 6) is 1.89. The summed E-state index contributed by atoms with van der Waals surface area (Å²) in [5, 5.41) is 0. The van der Waals surface area contributed by atoms with Gasteiger partial charge in [0.1, 0.15) is 11.5 Å². The van der Waals surface area contributed by atoms with Crippen molar-refractivity contribution in [3.05, 3.63) is 66.2 Å². The summed E-state index contributed by atoms with van der Waals surface area (Å²) in [4.78, 5) is 0. The normalized spacial score (nSPS) is 11.8. The first-order valence-corrected chi connectivity index (χ1v) is 6.64. The molecule has 0 aliphatic heterocycles. The Hall–Kier alpha value is -2.22.